The monoisotopic (exact) mass is 318 g/mol. The lowest BCUT2D eigenvalue weighted by molar-refractivity contribution is 0.0939. The Morgan fingerprint density at radius 2 is 2.00 bits per heavy atom. The summed E-state index contributed by atoms with van der Waals surface area (Å²) in [7, 11) is 1.75. The number of hydrogen-bond donors (Lipinski definition) is 3. The Hall–Kier alpha value is -2.04. The minimum Gasteiger partial charge on any atom is -0.352 e. The van der Waals surface area contributed by atoms with Crippen LogP contribution in [0, 0.1) is 0 Å². The number of nitrogens with one attached hydrogen (secondary N) is 3. The molecule has 1 unspecified atom stereocenters. The van der Waals surface area contributed by atoms with Crippen LogP contribution in [0.2, 0.25) is 0 Å². The van der Waals surface area contributed by atoms with Crippen molar-refractivity contribution in [2.45, 2.75) is 59.2 Å². The summed E-state index contributed by atoms with van der Waals surface area (Å²) in [4.78, 5) is 16.4. The van der Waals surface area contributed by atoms with E-state index in [2.05, 4.69) is 48.6 Å². The fraction of sp³-hybridized carbons (Fsp3) is 0.556. The predicted molar refractivity (Wildman–Crippen MR) is 96.7 cm³/mol. The topological polar surface area (TPSA) is 65.5 Å². The molecule has 5 heteroatoms. The molecule has 0 saturated heterocycles. The molecular formula is C18H30N4O. The molecule has 0 aliphatic rings. The molecular weight excluding hydrogens is 288 g/mol. The molecule has 0 aromatic heterocycles. The molecule has 0 aliphatic carbocycles. The maximum atomic E-state index is 12.2. The van der Waals surface area contributed by atoms with Gasteiger partial charge in [-0.15, -0.1) is 0 Å². The summed E-state index contributed by atoms with van der Waals surface area (Å²) in [6.07, 6.45) is 0.918. The molecule has 3 N–H and O–H groups in total. The SMILES string of the molecule is CCC(C)NC(=O)c1cccc(CNC(=NC)NC(C)(C)C)c1. The van der Waals surface area contributed by atoms with Crippen molar-refractivity contribution < 1.29 is 4.79 Å². The molecule has 1 amide bonds. The van der Waals surface area contributed by atoms with Gasteiger partial charge in [-0.3, -0.25) is 9.79 Å². The number of amides is 1. The molecule has 23 heavy (non-hydrogen) atoms. The molecule has 0 saturated carbocycles. The Bertz CT molecular complexity index is 546. The van der Waals surface area contributed by atoms with Gasteiger partial charge in [0.05, 0.1) is 0 Å². The van der Waals surface area contributed by atoms with Crippen LogP contribution in [0.4, 0.5) is 0 Å². The third-order valence-electron chi connectivity index (χ3n) is 3.36. The smallest absolute Gasteiger partial charge is 0.251 e. The first-order chi connectivity index (χ1) is 10.7. The van der Waals surface area contributed by atoms with Gasteiger partial charge in [0.25, 0.3) is 5.91 Å². The fourth-order valence-electron chi connectivity index (χ4n) is 1.95. The molecule has 0 radical (unpaired) electrons. The van der Waals surface area contributed by atoms with Crippen molar-refractivity contribution in [1.82, 2.24) is 16.0 Å². The number of nitrogens with zero attached hydrogens (tertiary/aromatic N) is 1. The Morgan fingerprint density at radius 3 is 2.57 bits per heavy atom. The average molecular weight is 318 g/mol. The van der Waals surface area contributed by atoms with Gasteiger partial charge in [-0.05, 0) is 51.8 Å². The molecule has 0 spiro atoms. The highest BCUT2D eigenvalue weighted by atomic mass is 16.1. The Labute approximate surface area is 140 Å². The van der Waals surface area contributed by atoms with Gasteiger partial charge in [-0.2, -0.15) is 0 Å². The molecule has 0 aliphatic heterocycles. The van der Waals surface area contributed by atoms with E-state index in [9.17, 15) is 4.79 Å². The molecule has 1 atom stereocenters. The summed E-state index contributed by atoms with van der Waals surface area (Å²) < 4.78 is 0. The van der Waals surface area contributed by atoms with E-state index in [0.29, 0.717) is 12.1 Å². The van der Waals surface area contributed by atoms with Gasteiger partial charge < -0.3 is 16.0 Å². The first-order valence-corrected chi connectivity index (χ1v) is 8.13. The summed E-state index contributed by atoms with van der Waals surface area (Å²) in [5, 5.41) is 9.56. The molecule has 0 fully saturated rings. The van der Waals surface area contributed by atoms with Crippen LogP contribution in [0.25, 0.3) is 0 Å². The maximum absolute atomic E-state index is 12.2. The van der Waals surface area contributed by atoms with Crippen LogP contribution in [-0.4, -0.2) is 30.5 Å². The van der Waals surface area contributed by atoms with Crippen molar-refractivity contribution in [1.29, 1.82) is 0 Å². The number of aliphatic imine (C=N–C) groups is 1. The van der Waals surface area contributed by atoms with Crippen molar-refractivity contribution in [3.8, 4) is 0 Å². The number of guanidine groups is 1. The summed E-state index contributed by atoms with van der Waals surface area (Å²) in [6, 6.07) is 7.83. The fourth-order valence-corrected chi connectivity index (χ4v) is 1.95. The summed E-state index contributed by atoms with van der Waals surface area (Å²) in [5.74, 6) is 0.713. The van der Waals surface area contributed by atoms with E-state index in [-0.39, 0.29) is 17.5 Å². The van der Waals surface area contributed by atoms with Crippen LogP contribution in [0.5, 0.6) is 0 Å². The van der Waals surface area contributed by atoms with E-state index in [4.69, 9.17) is 0 Å². The third kappa shape index (κ3) is 7.17. The lowest BCUT2D eigenvalue weighted by Gasteiger charge is -2.23. The number of benzene rings is 1. The normalized spacial score (nSPS) is 13.4. The quantitative estimate of drug-likeness (QED) is 0.578. The molecule has 128 valence electrons. The average Bonchev–Trinajstić information content (AvgIpc) is 2.50. The Kier molecular flexibility index (Phi) is 7.07. The highest BCUT2D eigenvalue weighted by Crippen LogP contribution is 2.06. The molecule has 5 nitrogen and oxygen atoms in total. The van der Waals surface area contributed by atoms with Crippen molar-refractivity contribution >= 4 is 11.9 Å². The molecule has 1 aromatic carbocycles. The zero-order valence-corrected chi connectivity index (χ0v) is 15.2. The van der Waals surface area contributed by atoms with Gasteiger partial charge in [0, 0.05) is 30.7 Å². The molecule has 1 rings (SSSR count). The van der Waals surface area contributed by atoms with Gasteiger partial charge in [0.2, 0.25) is 0 Å². The van der Waals surface area contributed by atoms with Crippen molar-refractivity contribution in [2.24, 2.45) is 4.99 Å². The largest absolute Gasteiger partial charge is 0.352 e. The standard InChI is InChI=1S/C18H30N4O/c1-7-13(2)21-16(23)15-10-8-9-14(11-15)12-20-17(19-6)22-18(3,4)5/h8-11,13H,7,12H2,1-6H3,(H,21,23)(H2,19,20,22). The molecule has 0 heterocycles. The second-order valence-corrected chi connectivity index (χ2v) is 6.78. The van der Waals surface area contributed by atoms with E-state index < -0.39 is 0 Å². The zero-order valence-electron chi connectivity index (χ0n) is 15.2. The Morgan fingerprint density at radius 1 is 1.30 bits per heavy atom. The van der Waals surface area contributed by atoms with Crippen molar-refractivity contribution in [3.05, 3.63) is 35.4 Å². The van der Waals surface area contributed by atoms with Gasteiger partial charge >= 0.3 is 0 Å². The predicted octanol–water partition coefficient (Wildman–Crippen LogP) is 2.68. The third-order valence-corrected chi connectivity index (χ3v) is 3.36. The van der Waals surface area contributed by atoms with Crippen LogP contribution in [0.3, 0.4) is 0 Å². The van der Waals surface area contributed by atoms with Crippen molar-refractivity contribution in [2.75, 3.05) is 7.05 Å². The minimum absolute atomic E-state index is 0.0293. The van der Waals surface area contributed by atoms with E-state index in [1.165, 1.54) is 0 Å². The first kappa shape index (κ1) is 19.0. The van der Waals surface area contributed by atoms with Crippen LogP contribution in [0.15, 0.2) is 29.3 Å². The number of rotatable bonds is 5. The van der Waals surface area contributed by atoms with Crippen LogP contribution in [-0.2, 0) is 6.54 Å². The maximum Gasteiger partial charge on any atom is 0.251 e. The summed E-state index contributed by atoms with van der Waals surface area (Å²) in [6.45, 7) is 10.9. The van der Waals surface area contributed by atoms with Gasteiger partial charge in [0.15, 0.2) is 5.96 Å². The number of hydrogen-bond acceptors (Lipinski definition) is 2. The lowest BCUT2D eigenvalue weighted by Crippen LogP contribution is -2.47. The second-order valence-electron chi connectivity index (χ2n) is 6.78. The van der Waals surface area contributed by atoms with E-state index in [1.807, 2.05) is 31.2 Å². The van der Waals surface area contributed by atoms with Crippen molar-refractivity contribution in [3.63, 3.8) is 0 Å². The molecule has 0 bridgehead atoms. The summed E-state index contributed by atoms with van der Waals surface area (Å²) in [5.41, 5.74) is 1.67. The lowest BCUT2D eigenvalue weighted by atomic mass is 10.1. The van der Waals surface area contributed by atoms with Gasteiger partial charge in [0.1, 0.15) is 0 Å². The highest BCUT2D eigenvalue weighted by Gasteiger charge is 2.12. The first-order valence-electron chi connectivity index (χ1n) is 8.13. The summed E-state index contributed by atoms with van der Waals surface area (Å²) >= 11 is 0. The molecule has 1 aromatic rings. The van der Waals surface area contributed by atoms with E-state index >= 15 is 0 Å². The highest BCUT2D eigenvalue weighted by molar-refractivity contribution is 5.94. The Balaban J connectivity index is 2.68. The van der Waals surface area contributed by atoms with Crippen LogP contribution >= 0.6 is 0 Å². The van der Waals surface area contributed by atoms with Gasteiger partial charge in [-0.1, -0.05) is 19.1 Å². The van der Waals surface area contributed by atoms with Crippen LogP contribution in [0.1, 0.15) is 57.0 Å². The number of carbonyl (C=O) groups excluding carboxylic acids is 1. The van der Waals surface area contributed by atoms with E-state index in [0.717, 1.165) is 17.9 Å². The van der Waals surface area contributed by atoms with Crippen LogP contribution < -0.4 is 16.0 Å². The minimum atomic E-state index is -0.0557. The van der Waals surface area contributed by atoms with E-state index in [1.54, 1.807) is 7.05 Å². The zero-order chi connectivity index (χ0) is 17.5. The second kappa shape index (κ2) is 8.56. The van der Waals surface area contributed by atoms with Gasteiger partial charge in [-0.25, -0.2) is 0 Å². The number of carbonyl (C=O) groups is 1.